The van der Waals surface area contributed by atoms with E-state index in [0.29, 0.717) is 24.6 Å². The highest BCUT2D eigenvalue weighted by atomic mass is 35.5. The number of benzene rings is 1. The Morgan fingerprint density at radius 1 is 1.13 bits per heavy atom. The molecule has 0 amide bonds. The molecule has 0 unspecified atom stereocenters. The van der Waals surface area contributed by atoms with E-state index in [0.717, 1.165) is 27.6 Å². The number of anilines is 2. The second-order valence-corrected chi connectivity index (χ2v) is 10.2. The van der Waals surface area contributed by atoms with Crippen molar-refractivity contribution in [1.82, 2.24) is 19.6 Å². The van der Waals surface area contributed by atoms with E-state index in [1.807, 2.05) is 30.0 Å². The van der Waals surface area contributed by atoms with Crippen molar-refractivity contribution in [2.24, 2.45) is 0 Å². The molecule has 5 rings (SSSR count). The van der Waals surface area contributed by atoms with Crippen LogP contribution >= 0.6 is 11.6 Å². The lowest BCUT2D eigenvalue weighted by atomic mass is 10.1. The molecule has 0 radical (unpaired) electrons. The summed E-state index contributed by atoms with van der Waals surface area (Å²) < 4.78 is 25.1. The molecule has 1 aliphatic heterocycles. The standard InChI is InChI=1S/C20H19ClN6O2S/c1-12-2-3-16-13(8-12)9-14(10-23-16)15-11-24-27-18(22)17(21)20(25-19(15)27)26-4-6-30(28,29)7-5-26/h2-3,8-11H,4-7,22H2,1H3. The first-order valence-corrected chi connectivity index (χ1v) is 11.7. The number of rotatable bonds is 2. The summed E-state index contributed by atoms with van der Waals surface area (Å²) in [5.74, 6) is 0.871. The van der Waals surface area contributed by atoms with E-state index < -0.39 is 9.84 Å². The third kappa shape index (κ3) is 3.14. The zero-order chi connectivity index (χ0) is 21.0. The van der Waals surface area contributed by atoms with Crippen molar-refractivity contribution in [3.63, 3.8) is 0 Å². The zero-order valence-corrected chi connectivity index (χ0v) is 17.8. The molecule has 30 heavy (non-hydrogen) atoms. The topological polar surface area (TPSA) is 106 Å². The minimum Gasteiger partial charge on any atom is -0.382 e. The Morgan fingerprint density at radius 3 is 2.67 bits per heavy atom. The summed E-state index contributed by atoms with van der Waals surface area (Å²) in [5, 5.41) is 5.66. The molecule has 0 bridgehead atoms. The van der Waals surface area contributed by atoms with Crippen LogP contribution in [0.15, 0.2) is 36.7 Å². The van der Waals surface area contributed by atoms with Gasteiger partial charge in [-0.1, -0.05) is 23.2 Å². The van der Waals surface area contributed by atoms with Crippen LogP contribution in [0.4, 0.5) is 11.6 Å². The lowest BCUT2D eigenvalue weighted by Gasteiger charge is -2.28. The van der Waals surface area contributed by atoms with Gasteiger partial charge in [-0.3, -0.25) is 4.98 Å². The van der Waals surface area contributed by atoms with Gasteiger partial charge in [0.1, 0.15) is 10.8 Å². The van der Waals surface area contributed by atoms with E-state index in [1.54, 1.807) is 12.4 Å². The minimum absolute atomic E-state index is 0.0656. The molecule has 2 N–H and O–H groups in total. The van der Waals surface area contributed by atoms with E-state index in [4.69, 9.17) is 22.3 Å². The average molecular weight is 443 g/mol. The normalized spacial score (nSPS) is 16.4. The maximum atomic E-state index is 11.8. The quantitative estimate of drug-likeness (QED) is 0.508. The fourth-order valence-electron chi connectivity index (χ4n) is 3.72. The van der Waals surface area contributed by atoms with Gasteiger partial charge in [-0.05, 0) is 25.1 Å². The van der Waals surface area contributed by atoms with E-state index in [1.165, 1.54) is 4.52 Å². The van der Waals surface area contributed by atoms with Crippen LogP contribution in [-0.2, 0) is 9.84 Å². The molecule has 4 heterocycles. The number of sulfone groups is 1. The van der Waals surface area contributed by atoms with E-state index in [2.05, 4.69) is 16.1 Å². The molecule has 154 valence electrons. The summed E-state index contributed by atoms with van der Waals surface area (Å²) in [5.41, 5.74) is 10.5. The number of nitrogen functional groups attached to an aromatic ring is 1. The SMILES string of the molecule is Cc1ccc2ncc(-c3cnn4c(N)c(Cl)c(N5CCS(=O)(=O)CC5)nc34)cc2c1. The molecule has 3 aromatic heterocycles. The van der Waals surface area contributed by atoms with Gasteiger partial charge in [0, 0.05) is 35.8 Å². The van der Waals surface area contributed by atoms with E-state index in [9.17, 15) is 8.42 Å². The molecule has 4 aromatic rings. The van der Waals surface area contributed by atoms with Gasteiger partial charge in [0.25, 0.3) is 0 Å². The summed E-state index contributed by atoms with van der Waals surface area (Å²) in [4.78, 5) is 11.1. The molecular formula is C20H19ClN6O2S. The summed E-state index contributed by atoms with van der Waals surface area (Å²) in [7, 11) is -3.02. The van der Waals surface area contributed by atoms with Crippen molar-refractivity contribution < 1.29 is 8.42 Å². The van der Waals surface area contributed by atoms with Gasteiger partial charge in [0.15, 0.2) is 21.3 Å². The summed E-state index contributed by atoms with van der Waals surface area (Å²) in [6.07, 6.45) is 3.48. The maximum absolute atomic E-state index is 11.8. The molecular weight excluding hydrogens is 424 g/mol. The summed E-state index contributed by atoms with van der Waals surface area (Å²) >= 11 is 6.48. The monoisotopic (exact) mass is 442 g/mol. The molecule has 0 spiro atoms. The Kier molecular flexibility index (Phi) is 4.33. The third-order valence-corrected chi connectivity index (χ3v) is 7.37. The lowest BCUT2D eigenvalue weighted by molar-refractivity contribution is 0.586. The van der Waals surface area contributed by atoms with Crippen molar-refractivity contribution in [2.75, 3.05) is 35.2 Å². The van der Waals surface area contributed by atoms with Gasteiger partial charge >= 0.3 is 0 Å². The predicted molar refractivity (Wildman–Crippen MR) is 119 cm³/mol. The fraction of sp³-hybridized carbons (Fsp3) is 0.250. The molecule has 0 aliphatic carbocycles. The first kappa shape index (κ1) is 19.1. The van der Waals surface area contributed by atoms with E-state index in [-0.39, 0.29) is 22.3 Å². The van der Waals surface area contributed by atoms with Crippen molar-refractivity contribution in [3.8, 4) is 11.1 Å². The number of fused-ring (bicyclic) bond motifs is 2. The van der Waals surface area contributed by atoms with Crippen molar-refractivity contribution in [2.45, 2.75) is 6.92 Å². The highest BCUT2D eigenvalue weighted by Crippen LogP contribution is 2.34. The molecule has 8 nitrogen and oxygen atoms in total. The summed E-state index contributed by atoms with van der Waals surface area (Å²) in [6, 6.07) is 8.14. The fourth-order valence-corrected chi connectivity index (χ4v) is 5.16. The minimum atomic E-state index is -3.02. The number of nitrogens with zero attached hydrogens (tertiary/aromatic N) is 5. The smallest absolute Gasteiger partial charge is 0.167 e. The van der Waals surface area contributed by atoms with Gasteiger partial charge < -0.3 is 10.6 Å². The van der Waals surface area contributed by atoms with Crippen LogP contribution in [0.25, 0.3) is 27.7 Å². The average Bonchev–Trinajstić information content (AvgIpc) is 3.14. The van der Waals surface area contributed by atoms with Crippen molar-refractivity contribution >= 4 is 49.6 Å². The number of halogens is 1. The lowest BCUT2D eigenvalue weighted by Crippen LogP contribution is -2.41. The third-order valence-electron chi connectivity index (χ3n) is 5.40. The maximum Gasteiger partial charge on any atom is 0.167 e. The van der Waals surface area contributed by atoms with Crippen LogP contribution in [0.3, 0.4) is 0 Å². The van der Waals surface area contributed by atoms with Gasteiger partial charge in [0.2, 0.25) is 0 Å². The largest absolute Gasteiger partial charge is 0.382 e. The number of hydrogen-bond acceptors (Lipinski definition) is 7. The molecule has 0 atom stereocenters. The first-order chi connectivity index (χ1) is 14.3. The Bertz CT molecular complexity index is 1400. The highest BCUT2D eigenvalue weighted by molar-refractivity contribution is 7.91. The van der Waals surface area contributed by atoms with Gasteiger partial charge in [0.05, 0.1) is 23.2 Å². The van der Waals surface area contributed by atoms with Gasteiger partial charge in [-0.25, -0.2) is 13.4 Å². The Morgan fingerprint density at radius 2 is 1.90 bits per heavy atom. The van der Waals surface area contributed by atoms with Crippen LogP contribution in [0.2, 0.25) is 5.02 Å². The Hall–Kier alpha value is -2.91. The van der Waals surface area contributed by atoms with Crippen LogP contribution in [0.1, 0.15) is 5.56 Å². The van der Waals surface area contributed by atoms with Crippen LogP contribution in [0.5, 0.6) is 0 Å². The van der Waals surface area contributed by atoms with Gasteiger partial charge in [-0.15, -0.1) is 0 Å². The molecule has 1 saturated heterocycles. The van der Waals surface area contributed by atoms with Crippen molar-refractivity contribution in [1.29, 1.82) is 0 Å². The molecule has 1 aliphatic rings. The van der Waals surface area contributed by atoms with Crippen molar-refractivity contribution in [3.05, 3.63) is 47.2 Å². The molecule has 10 heteroatoms. The van der Waals surface area contributed by atoms with Crippen LogP contribution < -0.4 is 10.6 Å². The highest BCUT2D eigenvalue weighted by Gasteiger charge is 2.26. The summed E-state index contributed by atoms with van der Waals surface area (Å²) in [6.45, 7) is 2.69. The van der Waals surface area contributed by atoms with E-state index >= 15 is 0 Å². The van der Waals surface area contributed by atoms with Gasteiger partial charge in [-0.2, -0.15) is 9.61 Å². The predicted octanol–water partition coefficient (Wildman–Crippen LogP) is 2.72. The van der Waals surface area contributed by atoms with Crippen LogP contribution in [-0.4, -0.2) is 52.6 Å². The Labute approximate surface area is 178 Å². The van der Waals surface area contributed by atoms with Crippen LogP contribution in [0, 0.1) is 6.92 Å². The second kappa shape index (κ2) is 6.82. The second-order valence-electron chi connectivity index (χ2n) is 7.49. The molecule has 0 saturated carbocycles. The number of nitrogens with two attached hydrogens (primary N) is 1. The number of aromatic nitrogens is 4. The number of aryl methyl sites for hydroxylation is 1. The number of pyridine rings is 1. The zero-order valence-electron chi connectivity index (χ0n) is 16.2. The number of hydrogen-bond donors (Lipinski definition) is 1. The molecule has 1 fully saturated rings. The molecule has 1 aromatic carbocycles. The Balaban J connectivity index is 1.65. The first-order valence-electron chi connectivity index (χ1n) is 9.47.